The van der Waals surface area contributed by atoms with Crippen molar-refractivity contribution in [3.05, 3.63) is 24.2 Å². The van der Waals surface area contributed by atoms with Crippen molar-refractivity contribution in [3.63, 3.8) is 0 Å². The van der Waals surface area contributed by atoms with Gasteiger partial charge in [-0.05, 0) is 44.6 Å². The molecule has 1 atom stereocenters. The lowest BCUT2D eigenvalue weighted by molar-refractivity contribution is -0.0977. The van der Waals surface area contributed by atoms with Gasteiger partial charge in [-0.25, -0.2) is 9.50 Å². The molecule has 2 aromatic rings. The number of fused-ring (bicyclic) bond motifs is 1. The van der Waals surface area contributed by atoms with Crippen molar-refractivity contribution in [1.82, 2.24) is 14.6 Å². The standard InChI is InChI=1S/C18H25N5O/c19-14-3-10-24-18(12-14)4-7-22(8-5-18)17-16-11-15(13-1-2-13)21-23(16)9-6-20-17/h6,9,11,13-14H,1-5,7-8,10,12,19H2. The maximum absolute atomic E-state index is 6.18. The first-order chi connectivity index (χ1) is 11.7. The van der Waals surface area contributed by atoms with Gasteiger partial charge in [-0.2, -0.15) is 5.10 Å². The van der Waals surface area contributed by atoms with E-state index in [9.17, 15) is 0 Å². The molecule has 1 aliphatic carbocycles. The lowest BCUT2D eigenvalue weighted by Gasteiger charge is -2.45. The first-order valence-corrected chi connectivity index (χ1v) is 9.21. The van der Waals surface area contributed by atoms with Crippen molar-refractivity contribution in [3.8, 4) is 0 Å². The molecule has 1 unspecified atom stereocenters. The maximum Gasteiger partial charge on any atom is 0.154 e. The minimum absolute atomic E-state index is 0.00134. The molecule has 1 saturated carbocycles. The van der Waals surface area contributed by atoms with E-state index in [4.69, 9.17) is 15.6 Å². The van der Waals surface area contributed by atoms with Crippen LogP contribution in [0.2, 0.25) is 0 Å². The van der Waals surface area contributed by atoms with Gasteiger partial charge in [-0.3, -0.25) is 0 Å². The van der Waals surface area contributed by atoms with E-state index in [1.807, 2.05) is 16.9 Å². The van der Waals surface area contributed by atoms with Gasteiger partial charge in [0.05, 0.1) is 11.3 Å². The number of rotatable bonds is 2. The van der Waals surface area contributed by atoms with E-state index in [-0.39, 0.29) is 5.60 Å². The van der Waals surface area contributed by atoms with Crippen molar-refractivity contribution >= 4 is 11.3 Å². The second-order valence-corrected chi connectivity index (χ2v) is 7.70. The summed E-state index contributed by atoms with van der Waals surface area (Å²) in [5, 5.41) is 4.73. The normalized spacial score (nSPS) is 27.0. The van der Waals surface area contributed by atoms with Crippen LogP contribution in [0.15, 0.2) is 18.5 Å². The fourth-order valence-corrected chi connectivity index (χ4v) is 4.29. The van der Waals surface area contributed by atoms with Crippen molar-refractivity contribution < 1.29 is 4.74 Å². The topological polar surface area (TPSA) is 68.7 Å². The van der Waals surface area contributed by atoms with Crippen LogP contribution in [0.5, 0.6) is 0 Å². The molecule has 3 aliphatic rings. The highest BCUT2D eigenvalue weighted by Gasteiger charge is 2.40. The van der Waals surface area contributed by atoms with Gasteiger partial charge in [0.15, 0.2) is 5.82 Å². The molecule has 2 saturated heterocycles. The fraction of sp³-hybridized carbons (Fsp3) is 0.667. The second kappa shape index (κ2) is 5.43. The summed E-state index contributed by atoms with van der Waals surface area (Å²) >= 11 is 0. The van der Waals surface area contributed by atoms with E-state index in [0.29, 0.717) is 12.0 Å². The molecule has 0 radical (unpaired) electrons. The summed E-state index contributed by atoms with van der Waals surface area (Å²) in [4.78, 5) is 7.06. The quantitative estimate of drug-likeness (QED) is 0.914. The highest BCUT2D eigenvalue weighted by molar-refractivity contribution is 5.69. The monoisotopic (exact) mass is 327 g/mol. The third-order valence-corrected chi connectivity index (χ3v) is 5.89. The molecule has 0 amide bonds. The highest BCUT2D eigenvalue weighted by atomic mass is 16.5. The van der Waals surface area contributed by atoms with Crippen molar-refractivity contribution in [2.45, 2.75) is 56.1 Å². The Morgan fingerprint density at radius 2 is 2.04 bits per heavy atom. The third kappa shape index (κ3) is 2.48. The summed E-state index contributed by atoms with van der Waals surface area (Å²) in [7, 11) is 0. The SMILES string of the molecule is NC1CCOC2(CCN(c3nccn4nc(C5CC5)cc34)CC2)C1. The minimum atomic E-state index is -0.00134. The summed E-state index contributed by atoms with van der Waals surface area (Å²) in [6, 6.07) is 2.53. The van der Waals surface area contributed by atoms with Gasteiger partial charge >= 0.3 is 0 Å². The van der Waals surface area contributed by atoms with Crippen LogP contribution in [0.25, 0.3) is 5.52 Å². The van der Waals surface area contributed by atoms with Gasteiger partial charge in [0.25, 0.3) is 0 Å². The maximum atomic E-state index is 6.18. The molecule has 0 aromatic carbocycles. The lowest BCUT2D eigenvalue weighted by atomic mass is 9.82. The summed E-state index contributed by atoms with van der Waals surface area (Å²) in [6.07, 6.45) is 10.4. The van der Waals surface area contributed by atoms with Crippen LogP contribution in [0.3, 0.4) is 0 Å². The Bertz CT molecular complexity index is 745. The largest absolute Gasteiger partial charge is 0.375 e. The molecule has 6 heteroatoms. The Morgan fingerprint density at radius 1 is 1.21 bits per heavy atom. The zero-order valence-electron chi connectivity index (χ0n) is 14.0. The van der Waals surface area contributed by atoms with E-state index in [0.717, 1.165) is 56.7 Å². The average molecular weight is 327 g/mol. The summed E-state index contributed by atoms with van der Waals surface area (Å²) < 4.78 is 8.14. The van der Waals surface area contributed by atoms with E-state index in [1.165, 1.54) is 18.5 Å². The first kappa shape index (κ1) is 14.7. The van der Waals surface area contributed by atoms with E-state index < -0.39 is 0 Å². The molecule has 2 aromatic heterocycles. The van der Waals surface area contributed by atoms with Gasteiger partial charge in [0.1, 0.15) is 5.52 Å². The molecule has 2 aliphatic heterocycles. The molecule has 0 bridgehead atoms. The molecule has 3 fully saturated rings. The Hall–Kier alpha value is -1.66. The molecular formula is C18H25N5O. The van der Waals surface area contributed by atoms with Crippen LogP contribution >= 0.6 is 0 Å². The van der Waals surface area contributed by atoms with Crippen molar-refractivity contribution in [1.29, 1.82) is 0 Å². The second-order valence-electron chi connectivity index (χ2n) is 7.70. The smallest absolute Gasteiger partial charge is 0.154 e. The number of ether oxygens (including phenoxy) is 1. The highest BCUT2D eigenvalue weighted by Crippen LogP contribution is 2.41. The van der Waals surface area contributed by atoms with E-state index in [1.54, 1.807) is 0 Å². The van der Waals surface area contributed by atoms with Crippen molar-refractivity contribution in [2.75, 3.05) is 24.6 Å². The number of nitrogens with zero attached hydrogens (tertiary/aromatic N) is 4. The average Bonchev–Trinajstić information content (AvgIpc) is 3.34. The van der Waals surface area contributed by atoms with Crippen LogP contribution in [0.4, 0.5) is 5.82 Å². The van der Waals surface area contributed by atoms with Crippen LogP contribution in [-0.2, 0) is 4.74 Å². The van der Waals surface area contributed by atoms with Gasteiger partial charge < -0.3 is 15.4 Å². The van der Waals surface area contributed by atoms with Crippen LogP contribution in [-0.4, -0.2) is 45.9 Å². The molecule has 2 N–H and O–H groups in total. The van der Waals surface area contributed by atoms with Gasteiger partial charge in [-0.1, -0.05) is 0 Å². The van der Waals surface area contributed by atoms with E-state index in [2.05, 4.69) is 16.0 Å². The van der Waals surface area contributed by atoms with Gasteiger partial charge in [0, 0.05) is 44.0 Å². The number of piperidine rings is 1. The number of nitrogens with two attached hydrogens (primary N) is 1. The molecule has 128 valence electrons. The summed E-state index contributed by atoms with van der Waals surface area (Å²) in [5.41, 5.74) is 8.54. The van der Waals surface area contributed by atoms with E-state index >= 15 is 0 Å². The molecule has 1 spiro atoms. The molecule has 24 heavy (non-hydrogen) atoms. The number of hydrogen-bond donors (Lipinski definition) is 1. The summed E-state index contributed by atoms with van der Waals surface area (Å²) in [6.45, 7) is 2.76. The lowest BCUT2D eigenvalue weighted by Crippen LogP contribution is -2.52. The van der Waals surface area contributed by atoms with Gasteiger partial charge in [0.2, 0.25) is 0 Å². The zero-order chi connectivity index (χ0) is 16.1. The molecule has 4 heterocycles. The fourth-order valence-electron chi connectivity index (χ4n) is 4.29. The van der Waals surface area contributed by atoms with Crippen LogP contribution < -0.4 is 10.6 Å². The molecule has 6 nitrogen and oxygen atoms in total. The number of aromatic nitrogens is 3. The van der Waals surface area contributed by atoms with Crippen LogP contribution in [0.1, 0.15) is 50.1 Å². The Labute approximate surface area is 142 Å². The predicted molar refractivity (Wildman–Crippen MR) is 92.3 cm³/mol. The Balaban J connectivity index is 1.38. The van der Waals surface area contributed by atoms with Gasteiger partial charge in [-0.15, -0.1) is 0 Å². The third-order valence-electron chi connectivity index (χ3n) is 5.89. The Kier molecular flexibility index (Phi) is 3.31. The number of anilines is 1. The summed E-state index contributed by atoms with van der Waals surface area (Å²) in [5.74, 6) is 1.73. The first-order valence-electron chi connectivity index (χ1n) is 9.21. The number of hydrogen-bond acceptors (Lipinski definition) is 5. The zero-order valence-corrected chi connectivity index (χ0v) is 14.0. The van der Waals surface area contributed by atoms with Crippen molar-refractivity contribution in [2.24, 2.45) is 5.73 Å². The minimum Gasteiger partial charge on any atom is -0.375 e. The molecule has 5 rings (SSSR count). The van der Waals surface area contributed by atoms with Crippen LogP contribution in [0, 0.1) is 0 Å². The Morgan fingerprint density at radius 3 is 2.79 bits per heavy atom. The molecular weight excluding hydrogens is 302 g/mol. The predicted octanol–water partition coefficient (Wildman–Crippen LogP) is 2.08.